The third-order valence-electron chi connectivity index (χ3n) is 2.32. The minimum absolute atomic E-state index is 0.146. The van der Waals surface area contributed by atoms with Crippen LogP contribution in [0.4, 0.5) is 0 Å². The van der Waals surface area contributed by atoms with Gasteiger partial charge < -0.3 is 20.1 Å². The summed E-state index contributed by atoms with van der Waals surface area (Å²) in [6, 6.07) is 0. The lowest BCUT2D eigenvalue weighted by Gasteiger charge is -2.23. The van der Waals surface area contributed by atoms with Crippen molar-refractivity contribution in [3.05, 3.63) is 0 Å². The highest BCUT2D eigenvalue weighted by Gasteiger charge is 2.49. The molecule has 1 aliphatic rings. The molecule has 0 spiro atoms. The molecular formula is C7H14O4. The number of aliphatic hydroxyl groups is 3. The van der Waals surface area contributed by atoms with Crippen LogP contribution in [0.5, 0.6) is 0 Å². The molecule has 0 radical (unpaired) electrons. The highest BCUT2D eigenvalue weighted by molar-refractivity contribution is 4.90. The van der Waals surface area contributed by atoms with Gasteiger partial charge in [-0.3, -0.25) is 0 Å². The first kappa shape index (κ1) is 8.93. The zero-order valence-corrected chi connectivity index (χ0v) is 6.69. The summed E-state index contributed by atoms with van der Waals surface area (Å²) < 4.78 is 4.98. The first-order valence-corrected chi connectivity index (χ1v) is 3.70. The normalized spacial score (nSPS) is 51.5. The molecule has 3 N–H and O–H groups in total. The maximum absolute atomic E-state index is 9.39. The van der Waals surface area contributed by atoms with Crippen molar-refractivity contribution in [3.8, 4) is 0 Å². The molecule has 1 heterocycles. The van der Waals surface area contributed by atoms with E-state index in [2.05, 4.69) is 0 Å². The van der Waals surface area contributed by atoms with E-state index in [0.717, 1.165) is 0 Å². The van der Waals surface area contributed by atoms with Crippen molar-refractivity contribution in [3.63, 3.8) is 0 Å². The van der Waals surface area contributed by atoms with Crippen LogP contribution in [0.15, 0.2) is 0 Å². The predicted octanol–water partition coefficient (Wildman–Crippen LogP) is -0.917. The summed E-state index contributed by atoms with van der Waals surface area (Å²) in [6.45, 7) is 2.95. The van der Waals surface area contributed by atoms with E-state index < -0.39 is 18.5 Å². The van der Waals surface area contributed by atoms with Crippen LogP contribution in [0.1, 0.15) is 13.8 Å². The molecule has 0 aromatic rings. The fourth-order valence-electron chi connectivity index (χ4n) is 1.30. The molecule has 66 valence electrons. The molecule has 1 saturated heterocycles. The van der Waals surface area contributed by atoms with Crippen LogP contribution < -0.4 is 0 Å². The molecule has 1 rings (SSSR count). The van der Waals surface area contributed by atoms with Gasteiger partial charge in [0.05, 0.1) is 12.7 Å². The molecule has 1 aliphatic heterocycles. The Hall–Kier alpha value is -0.160. The lowest BCUT2D eigenvalue weighted by molar-refractivity contribution is -0.243. The first-order valence-electron chi connectivity index (χ1n) is 3.70. The maximum Gasteiger partial charge on any atom is 0.216 e. The summed E-state index contributed by atoms with van der Waals surface area (Å²) in [5, 5.41) is 27.4. The molecule has 1 fully saturated rings. The van der Waals surface area contributed by atoms with Crippen molar-refractivity contribution in [1.82, 2.24) is 0 Å². The van der Waals surface area contributed by atoms with Crippen LogP contribution in [-0.4, -0.2) is 39.9 Å². The van der Waals surface area contributed by atoms with Crippen molar-refractivity contribution >= 4 is 0 Å². The van der Waals surface area contributed by atoms with Crippen LogP contribution in [0.3, 0.4) is 0 Å². The van der Waals surface area contributed by atoms with E-state index in [4.69, 9.17) is 9.84 Å². The Balaban J connectivity index is 2.73. The highest BCUT2D eigenvalue weighted by atomic mass is 16.7. The van der Waals surface area contributed by atoms with Gasteiger partial charge in [-0.25, -0.2) is 0 Å². The van der Waals surface area contributed by atoms with E-state index in [1.807, 2.05) is 0 Å². The second kappa shape index (κ2) is 2.71. The van der Waals surface area contributed by atoms with Crippen LogP contribution >= 0.6 is 0 Å². The Bertz CT molecular complexity index is 149. The van der Waals surface area contributed by atoms with Gasteiger partial charge in [0.15, 0.2) is 0 Å². The minimum Gasteiger partial charge on any atom is -0.391 e. The third-order valence-corrected chi connectivity index (χ3v) is 2.32. The van der Waals surface area contributed by atoms with Crippen molar-refractivity contribution in [2.24, 2.45) is 5.92 Å². The van der Waals surface area contributed by atoms with Crippen LogP contribution in [-0.2, 0) is 4.74 Å². The van der Waals surface area contributed by atoms with E-state index in [0.29, 0.717) is 0 Å². The predicted molar refractivity (Wildman–Crippen MR) is 37.8 cm³/mol. The Morgan fingerprint density at radius 3 is 2.18 bits per heavy atom. The van der Waals surface area contributed by atoms with Gasteiger partial charge in [-0.15, -0.1) is 0 Å². The van der Waals surface area contributed by atoms with Crippen molar-refractivity contribution < 1.29 is 20.1 Å². The number of ether oxygens (including phenoxy) is 1. The monoisotopic (exact) mass is 162 g/mol. The van der Waals surface area contributed by atoms with Gasteiger partial charge >= 0.3 is 0 Å². The molecule has 4 heteroatoms. The fraction of sp³-hybridized carbons (Fsp3) is 1.00. The van der Waals surface area contributed by atoms with E-state index in [1.165, 1.54) is 0 Å². The zero-order chi connectivity index (χ0) is 8.65. The molecule has 0 bridgehead atoms. The molecule has 0 aromatic heterocycles. The lowest BCUT2D eigenvalue weighted by atomic mass is 9.98. The smallest absolute Gasteiger partial charge is 0.216 e. The molecule has 0 saturated carbocycles. The van der Waals surface area contributed by atoms with Crippen LogP contribution in [0, 0.1) is 5.92 Å². The minimum atomic E-state index is -1.75. The number of aliphatic hydroxyl groups excluding tert-OH is 2. The van der Waals surface area contributed by atoms with Crippen molar-refractivity contribution in [2.45, 2.75) is 31.8 Å². The van der Waals surface area contributed by atoms with Gasteiger partial charge in [0, 0.05) is 5.92 Å². The standard InChI is InChI=1S/C7H14O4/c1-4-5(2)11-7(10,3-8)6(4)9/h4-6,8-10H,3H2,1-2H3. The third kappa shape index (κ3) is 1.27. The Morgan fingerprint density at radius 1 is 1.45 bits per heavy atom. The summed E-state index contributed by atoms with van der Waals surface area (Å²) in [5.41, 5.74) is 0. The van der Waals surface area contributed by atoms with E-state index in [-0.39, 0.29) is 12.0 Å². The molecule has 0 aromatic carbocycles. The summed E-state index contributed by atoms with van der Waals surface area (Å²) in [6.07, 6.45) is -1.22. The molecule has 0 aliphatic carbocycles. The Morgan fingerprint density at radius 2 is 2.00 bits per heavy atom. The van der Waals surface area contributed by atoms with Gasteiger partial charge in [0.1, 0.15) is 6.10 Å². The van der Waals surface area contributed by atoms with Gasteiger partial charge in [0.2, 0.25) is 5.79 Å². The summed E-state index contributed by atoms with van der Waals surface area (Å²) in [7, 11) is 0. The first-order chi connectivity index (χ1) is 5.01. The highest BCUT2D eigenvalue weighted by Crippen LogP contribution is 2.32. The fourth-order valence-corrected chi connectivity index (χ4v) is 1.30. The largest absolute Gasteiger partial charge is 0.391 e. The van der Waals surface area contributed by atoms with Gasteiger partial charge in [0.25, 0.3) is 0 Å². The van der Waals surface area contributed by atoms with Gasteiger partial charge in [-0.1, -0.05) is 6.92 Å². The second-order valence-electron chi connectivity index (χ2n) is 3.13. The summed E-state index contributed by atoms with van der Waals surface area (Å²) in [4.78, 5) is 0. The number of rotatable bonds is 1. The average Bonchev–Trinajstić information content (AvgIpc) is 2.17. The van der Waals surface area contributed by atoms with Crippen LogP contribution in [0.2, 0.25) is 0 Å². The molecule has 4 nitrogen and oxygen atoms in total. The Kier molecular flexibility index (Phi) is 2.20. The number of hydrogen-bond acceptors (Lipinski definition) is 4. The molecule has 0 amide bonds. The van der Waals surface area contributed by atoms with Gasteiger partial charge in [-0.05, 0) is 6.92 Å². The van der Waals surface area contributed by atoms with E-state index >= 15 is 0 Å². The summed E-state index contributed by atoms with van der Waals surface area (Å²) >= 11 is 0. The maximum atomic E-state index is 9.39. The Labute approximate surface area is 65.4 Å². The lowest BCUT2D eigenvalue weighted by Crippen LogP contribution is -2.44. The quantitative estimate of drug-likeness (QED) is 0.466. The molecule has 4 atom stereocenters. The molecule has 4 unspecified atom stereocenters. The van der Waals surface area contributed by atoms with Crippen molar-refractivity contribution in [2.75, 3.05) is 6.61 Å². The topological polar surface area (TPSA) is 69.9 Å². The van der Waals surface area contributed by atoms with E-state index in [1.54, 1.807) is 13.8 Å². The molecular weight excluding hydrogens is 148 g/mol. The number of hydrogen-bond donors (Lipinski definition) is 3. The van der Waals surface area contributed by atoms with Gasteiger partial charge in [-0.2, -0.15) is 0 Å². The van der Waals surface area contributed by atoms with Crippen molar-refractivity contribution in [1.29, 1.82) is 0 Å². The zero-order valence-electron chi connectivity index (χ0n) is 6.69. The molecule has 11 heavy (non-hydrogen) atoms. The second-order valence-corrected chi connectivity index (χ2v) is 3.13. The average molecular weight is 162 g/mol. The SMILES string of the molecule is CC1OC(O)(CO)C(O)C1C. The van der Waals surface area contributed by atoms with Crippen LogP contribution in [0.25, 0.3) is 0 Å². The summed E-state index contributed by atoms with van der Waals surface area (Å²) in [5.74, 6) is -1.90. The van der Waals surface area contributed by atoms with E-state index in [9.17, 15) is 10.2 Å².